The summed E-state index contributed by atoms with van der Waals surface area (Å²) < 4.78 is 4.96. The number of nitrogens with one attached hydrogen (secondary N) is 1. The number of benzene rings is 2. The maximum absolute atomic E-state index is 11.9. The summed E-state index contributed by atoms with van der Waals surface area (Å²) >= 11 is 0. The predicted molar refractivity (Wildman–Crippen MR) is 94.8 cm³/mol. The van der Waals surface area contributed by atoms with Crippen LogP contribution in [0, 0.1) is 0 Å². The highest BCUT2D eigenvalue weighted by molar-refractivity contribution is 5.98. The molecule has 0 spiro atoms. The number of carbonyl (C=O) groups excluding carboxylic acids is 3. The van der Waals surface area contributed by atoms with E-state index < -0.39 is 17.9 Å². The Bertz CT molecular complexity index is 754. The van der Waals surface area contributed by atoms with Crippen LogP contribution in [0.2, 0.25) is 0 Å². The molecule has 2 aromatic rings. The highest BCUT2D eigenvalue weighted by atomic mass is 16.5. The van der Waals surface area contributed by atoms with Gasteiger partial charge in [-0.25, -0.2) is 4.79 Å². The molecule has 25 heavy (non-hydrogen) atoms. The van der Waals surface area contributed by atoms with Crippen molar-refractivity contribution in [2.45, 2.75) is 13.0 Å². The van der Waals surface area contributed by atoms with E-state index in [1.807, 2.05) is 30.3 Å². The number of amides is 1. The summed E-state index contributed by atoms with van der Waals surface area (Å²) in [5.74, 6) is -1.37. The van der Waals surface area contributed by atoms with Crippen LogP contribution in [0.5, 0.6) is 0 Å². The number of ketones is 1. The first-order valence-electron chi connectivity index (χ1n) is 7.85. The minimum Gasteiger partial charge on any atom is -0.456 e. The molecule has 0 aromatic heterocycles. The van der Waals surface area contributed by atoms with Crippen LogP contribution >= 0.6 is 0 Å². The largest absolute Gasteiger partial charge is 0.456 e. The number of Topliss-reactive ketones (excluding diaryl/α,β-unsaturated/α-hetero) is 1. The van der Waals surface area contributed by atoms with Gasteiger partial charge in [0.1, 0.15) is 6.04 Å². The van der Waals surface area contributed by atoms with Gasteiger partial charge < -0.3 is 10.1 Å². The standard InChI is InChI=1S/C20H19NO4/c1-15(21-19(23)13-12-16-8-4-2-5-9-16)20(24)25-14-18(22)17-10-6-3-7-11-17/h2-13,15H,14H2,1H3,(H,21,23)/b13-12+/t15-/m0/s1. The first-order chi connectivity index (χ1) is 12.1. The molecule has 0 bridgehead atoms. The van der Waals surface area contributed by atoms with E-state index >= 15 is 0 Å². The lowest BCUT2D eigenvalue weighted by Gasteiger charge is -2.11. The molecule has 2 rings (SSSR count). The molecule has 5 nitrogen and oxygen atoms in total. The topological polar surface area (TPSA) is 72.5 Å². The molecule has 1 N–H and O–H groups in total. The lowest BCUT2D eigenvalue weighted by molar-refractivity contribution is -0.145. The van der Waals surface area contributed by atoms with Crippen LogP contribution in [-0.2, 0) is 14.3 Å². The van der Waals surface area contributed by atoms with Crippen molar-refractivity contribution in [1.29, 1.82) is 0 Å². The van der Waals surface area contributed by atoms with Crippen molar-refractivity contribution >= 4 is 23.7 Å². The van der Waals surface area contributed by atoms with Crippen LogP contribution in [0.25, 0.3) is 6.08 Å². The van der Waals surface area contributed by atoms with Crippen molar-refractivity contribution in [3.63, 3.8) is 0 Å². The van der Waals surface area contributed by atoms with Crippen molar-refractivity contribution in [2.75, 3.05) is 6.61 Å². The monoisotopic (exact) mass is 337 g/mol. The summed E-state index contributed by atoms with van der Waals surface area (Å²) in [5, 5.41) is 2.50. The highest BCUT2D eigenvalue weighted by Gasteiger charge is 2.17. The molecular formula is C20H19NO4. The van der Waals surface area contributed by atoms with Crippen LogP contribution in [0.15, 0.2) is 66.7 Å². The molecule has 0 unspecified atom stereocenters. The van der Waals surface area contributed by atoms with E-state index in [1.54, 1.807) is 36.4 Å². The van der Waals surface area contributed by atoms with Gasteiger partial charge in [0.25, 0.3) is 0 Å². The molecule has 0 radical (unpaired) electrons. The van der Waals surface area contributed by atoms with E-state index in [4.69, 9.17) is 4.74 Å². The minimum atomic E-state index is -0.850. The number of esters is 1. The summed E-state index contributed by atoms with van der Waals surface area (Å²) in [6.07, 6.45) is 2.99. The third-order valence-corrected chi connectivity index (χ3v) is 3.38. The van der Waals surface area contributed by atoms with E-state index in [-0.39, 0.29) is 12.4 Å². The van der Waals surface area contributed by atoms with Crippen LogP contribution < -0.4 is 5.32 Å². The molecule has 0 saturated carbocycles. The molecule has 0 saturated heterocycles. The van der Waals surface area contributed by atoms with Gasteiger partial charge in [0, 0.05) is 11.6 Å². The van der Waals surface area contributed by atoms with Gasteiger partial charge in [-0.15, -0.1) is 0 Å². The summed E-state index contributed by atoms with van der Waals surface area (Å²) in [7, 11) is 0. The quantitative estimate of drug-likeness (QED) is 0.479. The fraction of sp³-hybridized carbons (Fsp3) is 0.150. The van der Waals surface area contributed by atoms with Gasteiger partial charge in [-0.3, -0.25) is 9.59 Å². The minimum absolute atomic E-state index is 0.295. The Morgan fingerprint density at radius 1 is 1.00 bits per heavy atom. The smallest absolute Gasteiger partial charge is 0.328 e. The molecule has 1 amide bonds. The molecule has 128 valence electrons. The van der Waals surface area contributed by atoms with Gasteiger partial charge in [0.05, 0.1) is 0 Å². The number of rotatable bonds is 7. The Morgan fingerprint density at radius 3 is 2.24 bits per heavy atom. The molecule has 0 aliphatic rings. The number of ether oxygens (including phenoxy) is 1. The van der Waals surface area contributed by atoms with Crippen LogP contribution in [0.3, 0.4) is 0 Å². The molecule has 5 heteroatoms. The van der Waals surface area contributed by atoms with Gasteiger partial charge in [-0.1, -0.05) is 60.7 Å². The molecule has 0 heterocycles. The van der Waals surface area contributed by atoms with Gasteiger partial charge in [0.15, 0.2) is 12.4 Å². The van der Waals surface area contributed by atoms with Crippen molar-refractivity contribution in [1.82, 2.24) is 5.32 Å². The van der Waals surface area contributed by atoms with Crippen molar-refractivity contribution in [3.05, 3.63) is 77.9 Å². The van der Waals surface area contributed by atoms with Gasteiger partial charge in [0.2, 0.25) is 5.91 Å². The lowest BCUT2D eigenvalue weighted by Crippen LogP contribution is -2.39. The van der Waals surface area contributed by atoms with Crippen LogP contribution in [0.1, 0.15) is 22.8 Å². The van der Waals surface area contributed by atoms with E-state index in [1.165, 1.54) is 13.0 Å². The van der Waals surface area contributed by atoms with E-state index in [2.05, 4.69) is 5.32 Å². The molecule has 0 aliphatic heterocycles. The zero-order chi connectivity index (χ0) is 18.1. The predicted octanol–water partition coefficient (Wildman–Crippen LogP) is 2.63. The van der Waals surface area contributed by atoms with Gasteiger partial charge in [-0.2, -0.15) is 0 Å². The van der Waals surface area contributed by atoms with Crippen LogP contribution in [0.4, 0.5) is 0 Å². The number of hydrogen-bond donors (Lipinski definition) is 1. The normalized spacial score (nSPS) is 11.7. The van der Waals surface area contributed by atoms with Crippen molar-refractivity contribution in [2.24, 2.45) is 0 Å². The Morgan fingerprint density at radius 2 is 1.60 bits per heavy atom. The first-order valence-corrected chi connectivity index (χ1v) is 7.85. The van der Waals surface area contributed by atoms with E-state index in [9.17, 15) is 14.4 Å². The Hall–Kier alpha value is -3.21. The molecule has 0 aliphatic carbocycles. The number of hydrogen-bond acceptors (Lipinski definition) is 4. The Balaban J connectivity index is 1.79. The average molecular weight is 337 g/mol. The zero-order valence-corrected chi connectivity index (χ0v) is 13.8. The SMILES string of the molecule is C[C@H](NC(=O)/C=C/c1ccccc1)C(=O)OCC(=O)c1ccccc1. The van der Waals surface area contributed by atoms with Crippen LogP contribution in [-0.4, -0.2) is 30.3 Å². The maximum Gasteiger partial charge on any atom is 0.328 e. The second-order valence-electron chi connectivity index (χ2n) is 5.37. The highest BCUT2D eigenvalue weighted by Crippen LogP contribution is 2.02. The summed E-state index contributed by atoms with van der Waals surface area (Å²) in [5.41, 5.74) is 1.35. The molecule has 1 atom stereocenters. The average Bonchev–Trinajstić information content (AvgIpc) is 2.65. The van der Waals surface area contributed by atoms with Gasteiger partial charge >= 0.3 is 5.97 Å². The Labute approximate surface area is 146 Å². The zero-order valence-electron chi connectivity index (χ0n) is 13.8. The number of carbonyl (C=O) groups is 3. The second-order valence-corrected chi connectivity index (χ2v) is 5.37. The lowest BCUT2D eigenvalue weighted by atomic mass is 10.1. The first kappa shape index (κ1) is 18.1. The summed E-state index contributed by atoms with van der Waals surface area (Å²) in [6.45, 7) is 1.15. The van der Waals surface area contributed by atoms with E-state index in [0.717, 1.165) is 5.56 Å². The van der Waals surface area contributed by atoms with E-state index in [0.29, 0.717) is 5.56 Å². The van der Waals surface area contributed by atoms with Gasteiger partial charge in [-0.05, 0) is 18.6 Å². The summed E-state index contributed by atoms with van der Waals surface area (Å²) in [4.78, 5) is 35.6. The van der Waals surface area contributed by atoms with Crippen molar-refractivity contribution in [3.8, 4) is 0 Å². The molecule has 0 fully saturated rings. The fourth-order valence-corrected chi connectivity index (χ4v) is 2.03. The molecule has 2 aromatic carbocycles. The third-order valence-electron chi connectivity index (χ3n) is 3.38. The second kappa shape index (κ2) is 9.17. The third kappa shape index (κ3) is 6.06. The van der Waals surface area contributed by atoms with Crippen molar-refractivity contribution < 1.29 is 19.1 Å². The maximum atomic E-state index is 11.9. The summed E-state index contributed by atoms with van der Waals surface area (Å²) in [6, 6.07) is 17.0. The fourth-order valence-electron chi connectivity index (χ4n) is 2.03. The Kier molecular flexibility index (Phi) is 6.65. The molecular weight excluding hydrogens is 318 g/mol.